The van der Waals surface area contributed by atoms with E-state index in [0.29, 0.717) is 11.4 Å². The predicted octanol–water partition coefficient (Wildman–Crippen LogP) is 2.25. The molecule has 3 rings (SSSR count). The highest BCUT2D eigenvalue weighted by molar-refractivity contribution is 5.79. The van der Waals surface area contributed by atoms with Gasteiger partial charge in [0.2, 0.25) is 5.91 Å². The Morgan fingerprint density at radius 1 is 1.36 bits per heavy atom. The molecule has 1 N–H and O–H groups in total. The highest BCUT2D eigenvalue weighted by atomic mass is 19.1. The molecule has 2 atom stereocenters. The van der Waals surface area contributed by atoms with Crippen LogP contribution in [0.25, 0.3) is 0 Å². The van der Waals surface area contributed by atoms with E-state index in [2.05, 4.69) is 4.98 Å². The second-order valence-corrected chi connectivity index (χ2v) is 5.98. The third kappa shape index (κ3) is 3.76. The van der Waals surface area contributed by atoms with Gasteiger partial charge in [0.1, 0.15) is 17.4 Å². The average Bonchev–Trinajstić information content (AvgIpc) is 2.99. The topological polar surface area (TPSA) is 62.7 Å². The number of pyridine rings is 1. The maximum atomic E-state index is 14.1. The van der Waals surface area contributed by atoms with Crippen molar-refractivity contribution in [2.75, 3.05) is 13.7 Å². The number of hydrogen-bond acceptors (Lipinski definition) is 4. The second kappa shape index (κ2) is 7.14. The van der Waals surface area contributed by atoms with Gasteiger partial charge in [0, 0.05) is 17.8 Å². The molecule has 1 fully saturated rings. The lowest BCUT2D eigenvalue weighted by molar-refractivity contribution is -0.131. The van der Waals surface area contributed by atoms with Gasteiger partial charge >= 0.3 is 0 Å². The molecule has 1 aliphatic heterocycles. The summed E-state index contributed by atoms with van der Waals surface area (Å²) in [7, 11) is 1.52. The highest BCUT2D eigenvalue weighted by Crippen LogP contribution is 2.34. The Balaban J connectivity index is 1.80. The van der Waals surface area contributed by atoms with Gasteiger partial charge in [-0.2, -0.15) is 0 Å². The monoisotopic (exact) mass is 348 g/mol. The first-order chi connectivity index (χ1) is 12.0. The number of halogens is 2. The van der Waals surface area contributed by atoms with E-state index in [-0.39, 0.29) is 30.9 Å². The van der Waals surface area contributed by atoms with Gasteiger partial charge in [-0.1, -0.05) is 0 Å². The lowest BCUT2D eigenvalue weighted by Gasteiger charge is -2.25. The quantitative estimate of drug-likeness (QED) is 0.921. The van der Waals surface area contributed by atoms with E-state index in [1.807, 2.05) is 0 Å². The van der Waals surface area contributed by atoms with Gasteiger partial charge in [-0.15, -0.1) is 0 Å². The Morgan fingerprint density at radius 3 is 2.84 bits per heavy atom. The van der Waals surface area contributed by atoms with Crippen molar-refractivity contribution in [2.24, 2.45) is 0 Å². The third-order valence-corrected chi connectivity index (χ3v) is 4.28. The van der Waals surface area contributed by atoms with Crippen LogP contribution in [0.3, 0.4) is 0 Å². The summed E-state index contributed by atoms with van der Waals surface area (Å²) < 4.78 is 32.6. The first-order valence-electron chi connectivity index (χ1n) is 7.89. The Hall–Kier alpha value is -2.54. The molecule has 7 heteroatoms. The lowest BCUT2D eigenvalue weighted by Crippen LogP contribution is -2.33. The van der Waals surface area contributed by atoms with Gasteiger partial charge < -0.3 is 14.7 Å². The van der Waals surface area contributed by atoms with Crippen LogP contribution in [0.15, 0.2) is 36.5 Å². The minimum Gasteiger partial charge on any atom is -0.495 e. The number of carbonyl (C=O) groups excluding carboxylic acids is 1. The first kappa shape index (κ1) is 17.3. The van der Waals surface area contributed by atoms with Crippen LogP contribution in [-0.4, -0.2) is 40.7 Å². The third-order valence-electron chi connectivity index (χ3n) is 4.28. The van der Waals surface area contributed by atoms with Gasteiger partial charge in [-0.3, -0.25) is 9.78 Å². The number of β-amino-alcohol motifs (C(OH)–C–C–N with tert-alkyl or cyclic N) is 1. The van der Waals surface area contributed by atoms with Gasteiger partial charge in [0.05, 0.1) is 31.9 Å². The zero-order chi connectivity index (χ0) is 18.0. The van der Waals surface area contributed by atoms with E-state index in [9.17, 15) is 18.7 Å². The molecule has 0 saturated carbocycles. The molecule has 5 nitrogen and oxygen atoms in total. The zero-order valence-corrected chi connectivity index (χ0v) is 13.7. The van der Waals surface area contributed by atoms with Crippen molar-refractivity contribution < 1.29 is 23.4 Å². The first-order valence-corrected chi connectivity index (χ1v) is 7.89. The van der Waals surface area contributed by atoms with Crippen molar-refractivity contribution in [3.8, 4) is 5.75 Å². The summed E-state index contributed by atoms with van der Waals surface area (Å²) in [4.78, 5) is 18.1. The average molecular weight is 348 g/mol. The van der Waals surface area contributed by atoms with Crippen LogP contribution in [0.1, 0.15) is 23.7 Å². The van der Waals surface area contributed by atoms with Crippen LogP contribution in [0.5, 0.6) is 5.75 Å². The van der Waals surface area contributed by atoms with E-state index in [4.69, 9.17) is 4.74 Å². The number of amides is 1. The Labute approximate surface area is 143 Å². The summed E-state index contributed by atoms with van der Waals surface area (Å²) in [6.45, 7) is 0.0790. The van der Waals surface area contributed by atoms with Gasteiger partial charge in [-0.05, 0) is 36.8 Å². The van der Waals surface area contributed by atoms with Gasteiger partial charge in [0.25, 0.3) is 0 Å². The normalized spacial score (nSPS) is 19.9. The summed E-state index contributed by atoms with van der Waals surface area (Å²) in [6, 6.07) is 5.79. The number of carbonyl (C=O) groups is 1. The number of aliphatic hydroxyl groups is 1. The molecule has 1 saturated heterocycles. The minimum atomic E-state index is -0.777. The molecular weight excluding hydrogens is 330 g/mol. The van der Waals surface area contributed by atoms with Crippen LogP contribution in [0, 0.1) is 11.6 Å². The summed E-state index contributed by atoms with van der Waals surface area (Å²) in [5, 5.41) is 9.93. The molecule has 132 valence electrons. The number of aliphatic hydroxyl groups excluding tert-OH is 1. The van der Waals surface area contributed by atoms with E-state index < -0.39 is 23.8 Å². The zero-order valence-electron chi connectivity index (χ0n) is 13.7. The number of rotatable bonds is 4. The molecule has 0 spiro atoms. The number of nitrogens with zero attached hydrogens (tertiary/aromatic N) is 2. The molecule has 1 aliphatic rings. The second-order valence-electron chi connectivity index (χ2n) is 5.98. The van der Waals surface area contributed by atoms with Crippen molar-refractivity contribution >= 4 is 5.91 Å². The Kier molecular flexibility index (Phi) is 4.94. The van der Waals surface area contributed by atoms with Crippen molar-refractivity contribution in [3.05, 3.63) is 59.4 Å². The molecule has 1 aromatic carbocycles. The van der Waals surface area contributed by atoms with E-state index in [0.717, 1.165) is 18.2 Å². The summed E-state index contributed by atoms with van der Waals surface area (Å²) in [5.74, 6) is -0.904. The summed E-state index contributed by atoms with van der Waals surface area (Å²) in [6.07, 6.45) is 0.901. The van der Waals surface area contributed by atoms with Crippen LogP contribution >= 0.6 is 0 Å². The minimum absolute atomic E-state index is 0.00412. The smallest absolute Gasteiger partial charge is 0.229 e. The Morgan fingerprint density at radius 2 is 2.16 bits per heavy atom. The molecule has 0 radical (unpaired) electrons. The lowest BCUT2D eigenvalue weighted by atomic mass is 10.0. The number of hydrogen-bond donors (Lipinski definition) is 1. The summed E-state index contributed by atoms with van der Waals surface area (Å²) >= 11 is 0. The predicted molar refractivity (Wildman–Crippen MR) is 85.9 cm³/mol. The molecule has 0 bridgehead atoms. The number of benzene rings is 1. The van der Waals surface area contributed by atoms with Crippen LogP contribution < -0.4 is 4.74 Å². The van der Waals surface area contributed by atoms with Gasteiger partial charge in [-0.25, -0.2) is 8.78 Å². The molecule has 1 aromatic heterocycles. The molecule has 2 heterocycles. The van der Waals surface area contributed by atoms with Crippen LogP contribution in [-0.2, 0) is 11.2 Å². The standard InChI is InChI=1S/C18H18F2N2O3/c1-25-14-4-3-12(21-9-14)7-18(24)22-10-13(23)8-17(22)15-6-11(19)2-5-16(15)20/h2-6,9,13,17,23H,7-8,10H2,1H3. The SMILES string of the molecule is COc1ccc(CC(=O)N2CC(O)CC2c2cc(F)ccc2F)nc1. The fourth-order valence-corrected chi connectivity index (χ4v) is 3.05. The van der Waals surface area contributed by atoms with Crippen molar-refractivity contribution in [2.45, 2.75) is 25.0 Å². The summed E-state index contributed by atoms with van der Waals surface area (Å²) in [5.41, 5.74) is 0.609. The van der Waals surface area contributed by atoms with E-state index in [1.54, 1.807) is 12.1 Å². The molecule has 1 amide bonds. The fourth-order valence-electron chi connectivity index (χ4n) is 3.05. The molecule has 0 aliphatic carbocycles. The van der Waals surface area contributed by atoms with Crippen molar-refractivity contribution in [1.82, 2.24) is 9.88 Å². The fraction of sp³-hybridized carbons (Fsp3) is 0.333. The maximum absolute atomic E-state index is 14.1. The highest BCUT2D eigenvalue weighted by Gasteiger charge is 2.36. The molecule has 2 unspecified atom stereocenters. The van der Waals surface area contributed by atoms with Crippen molar-refractivity contribution in [3.63, 3.8) is 0 Å². The largest absolute Gasteiger partial charge is 0.495 e. The number of aromatic nitrogens is 1. The molecular formula is C18H18F2N2O3. The number of methoxy groups -OCH3 is 1. The van der Waals surface area contributed by atoms with Gasteiger partial charge in [0.15, 0.2) is 0 Å². The van der Waals surface area contributed by atoms with Crippen LogP contribution in [0.2, 0.25) is 0 Å². The Bertz CT molecular complexity index is 767. The number of likely N-dealkylation sites (tertiary alicyclic amines) is 1. The maximum Gasteiger partial charge on any atom is 0.229 e. The number of ether oxygens (including phenoxy) is 1. The van der Waals surface area contributed by atoms with E-state index in [1.165, 1.54) is 18.2 Å². The molecule has 25 heavy (non-hydrogen) atoms. The molecule has 2 aromatic rings. The van der Waals surface area contributed by atoms with Crippen LogP contribution in [0.4, 0.5) is 8.78 Å². The van der Waals surface area contributed by atoms with E-state index >= 15 is 0 Å². The van der Waals surface area contributed by atoms with Crippen molar-refractivity contribution in [1.29, 1.82) is 0 Å².